The van der Waals surface area contributed by atoms with Crippen molar-refractivity contribution in [2.45, 2.75) is 36.0 Å². The van der Waals surface area contributed by atoms with Gasteiger partial charge in [0.1, 0.15) is 5.60 Å². The number of benzene rings is 1. The smallest absolute Gasteiger partial charge is 0.394 e. The minimum atomic E-state index is -4.67. The topological polar surface area (TPSA) is 176 Å². The molecule has 1 saturated heterocycles. The van der Waals surface area contributed by atoms with Gasteiger partial charge >= 0.3 is 10.4 Å². The van der Waals surface area contributed by atoms with E-state index in [4.69, 9.17) is 22.3 Å². The molecular formula is C17H21NO9S. The van der Waals surface area contributed by atoms with Crippen LogP contribution in [0.5, 0.6) is 11.5 Å². The Morgan fingerprint density at radius 1 is 1.29 bits per heavy atom. The Labute approximate surface area is 160 Å². The van der Waals surface area contributed by atoms with E-state index >= 15 is 0 Å². The average Bonchev–Trinajstić information content (AvgIpc) is 2.91. The number of phenols is 1. The fraction of sp³-hybridized carbons (Fsp3) is 0.471. The summed E-state index contributed by atoms with van der Waals surface area (Å²) in [4.78, 5) is 14.6. The van der Waals surface area contributed by atoms with Crippen LogP contribution in [0.4, 0.5) is 0 Å². The van der Waals surface area contributed by atoms with Gasteiger partial charge in [-0.25, -0.2) is 0 Å². The van der Waals surface area contributed by atoms with E-state index in [-0.39, 0.29) is 23.1 Å². The molecule has 1 spiro atoms. The molecule has 1 aromatic carbocycles. The SMILES string of the molecule is CN1CC[C@]23c4c5ccc(O)c4O[C@H]2C(=O)C=CC3(O)C1C5.O.O=S(=O)(O)O. The molecule has 2 unspecified atom stereocenters. The maximum atomic E-state index is 12.4. The Balaban J connectivity index is 0.000000338. The molecule has 2 heterocycles. The molecule has 1 aromatic rings. The van der Waals surface area contributed by atoms with Crippen LogP contribution in [0.1, 0.15) is 17.5 Å². The number of ether oxygens (including phenoxy) is 1. The van der Waals surface area contributed by atoms with Crippen LogP contribution in [0.15, 0.2) is 24.3 Å². The molecule has 2 bridgehead atoms. The van der Waals surface area contributed by atoms with Crippen LogP contribution in [0.25, 0.3) is 0 Å². The number of ketones is 1. The summed E-state index contributed by atoms with van der Waals surface area (Å²) in [5.41, 5.74) is 0.0177. The summed E-state index contributed by atoms with van der Waals surface area (Å²) in [7, 11) is -2.66. The summed E-state index contributed by atoms with van der Waals surface area (Å²) in [5, 5.41) is 21.7. The van der Waals surface area contributed by atoms with Gasteiger partial charge in [-0.1, -0.05) is 6.07 Å². The van der Waals surface area contributed by atoms with Crippen molar-refractivity contribution in [3.63, 3.8) is 0 Å². The number of carbonyl (C=O) groups is 1. The van der Waals surface area contributed by atoms with Gasteiger partial charge in [0.05, 0.1) is 5.41 Å². The molecule has 0 amide bonds. The highest BCUT2D eigenvalue weighted by Crippen LogP contribution is 2.63. The zero-order valence-corrected chi connectivity index (χ0v) is 15.7. The molecule has 154 valence electrons. The van der Waals surface area contributed by atoms with Crippen molar-refractivity contribution in [1.82, 2.24) is 4.90 Å². The predicted octanol–water partition coefficient (Wildman–Crippen LogP) is -0.956. The zero-order chi connectivity index (χ0) is 19.8. The number of rotatable bonds is 0. The van der Waals surface area contributed by atoms with Crippen molar-refractivity contribution in [2.75, 3.05) is 13.6 Å². The highest BCUT2D eigenvalue weighted by atomic mass is 32.3. The van der Waals surface area contributed by atoms with Crippen LogP contribution in [0.2, 0.25) is 0 Å². The average molecular weight is 415 g/mol. The van der Waals surface area contributed by atoms with Gasteiger partial charge in [0, 0.05) is 11.6 Å². The first kappa shape index (κ1) is 20.7. The van der Waals surface area contributed by atoms with Crippen LogP contribution in [0.3, 0.4) is 0 Å². The van der Waals surface area contributed by atoms with Gasteiger partial charge in [0.25, 0.3) is 0 Å². The van der Waals surface area contributed by atoms with E-state index in [1.807, 2.05) is 13.1 Å². The molecule has 6 N–H and O–H groups in total. The van der Waals surface area contributed by atoms with Crippen molar-refractivity contribution in [2.24, 2.45) is 0 Å². The maximum absolute atomic E-state index is 12.4. The maximum Gasteiger partial charge on any atom is 0.394 e. The molecule has 2 aliphatic heterocycles. The van der Waals surface area contributed by atoms with E-state index < -0.39 is 27.5 Å². The third kappa shape index (κ3) is 2.59. The summed E-state index contributed by atoms with van der Waals surface area (Å²) in [5.74, 6) is 0.312. The first-order chi connectivity index (χ1) is 12.5. The Morgan fingerprint density at radius 3 is 2.57 bits per heavy atom. The van der Waals surface area contributed by atoms with Gasteiger partial charge in [-0.3, -0.25) is 18.8 Å². The monoisotopic (exact) mass is 415 g/mol. The molecule has 4 atom stereocenters. The Hall–Kier alpha value is -2.02. The lowest BCUT2D eigenvalue weighted by atomic mass is 9.51. The largest absolute Gasteiger partial charge is 0.504 e. The number of piperidine rings is 1. The Morgan fingerprint density at radius 2 is 1.93 bits per heavy atom. The normalized spacial score (nSPS) is 34.5. The third-order valence-corrected chi connectivity index (χ3v) is 6.14. The number of hydrogen-bond donors (Lipinski definition) is 4. The lowest BCUT2D eigenvalue weighted by molar-refractivity contribution is -0.151. The Bertz CT molecular complexity index is 967. The van der Waals surface area contributed by atoms with Gasteiger partial charge in [0.15, 0.2) is 23.4 Å². The molecule has 1 fully saturated rings. The van der Waals surface area contributed by atoms with E-state index in [0.29, 0.717) is 18.6 Å². The number of carbonyl (C=O) groups excluding carboxylic acids is 1. The zero-order valence-electron chi connectivity index (χ0n) is 14.9. The number of nitrogens with zero attached hydrogens (tertiary/aromatic N) is 1. The summed E-state index contributed by atoms with van der Waals surface area (Å²) < 4.78 is 37.5. The van der Waals surface area contributed by atoms with Crippen LogP contribution in [-0.2, 0) is 27.0 Å². The van der Waals surface area contributed by atoms with E-state index in [9.17, 15) is 15.0 Å². The highest BCUT2D eigenvalue weighted by Gasteiger charge is 2.71. The van der Waals surface area contributed by atoms with Crippen LogP contribution in [0, 0.1) is 0 Å². The first-order valence-electron chi connectivity index (χ1n) is 8.36. The van der Waals surface area contributed by atoms with Crippen molar-refractivity contribution >= 4 is 16.2 Å². The number of phenolic OH excluding ortho intramolecular Hbond substituents is 1. The second-order valence-electron chi connectivity index (χ2n) is 7.38. The van der Waals surface area contributed by atoms with Gasteiger partial charge in [0.2, 0.25) is 0 Å². The van der Waals surface area contributed by atoms with Crippen LogP contribution in [-0.4, -0.2) is 75.2 Å². The second kappa shape index (κ2) is 6.24. The van der Waals surface area contributed by atoms with Gasteiger partial charge < -0.3 is 20.4 Å². The minimum absolute atomic E-state index is 0. The van der Waals surface area contributed by atoms with E-state index in [2.05, 4.69) is 4.90 Å². The fourth-order valence-corrected chi connectivity index (χ4v) is 5.13. The lowest BCUT2D eigenvalue weighted by Crippen LogP contribution is -2.74. The third-order valence-electron chi connectivity index (χ3n) is 6.14. The van der Waals surface area contributed by atoms with Crippen molar-refractivity contribution in [1.29, 1.82) is 0 Å². The Kier molecular flexibility index (Phi) is 4.61. The fourth-order valence-electron chi connectivity index (χ4n) is 5.13. The number of aliphatic hydroxyl groups is 1. The molecule has 10 nitrogen and oxygen atoms in total. The molecule has 11 heteroatoms. The van der Waals surface area contributed by atoms with E-state index in [1.54, 1.807) is 12.1 Å². The number of aromatic hydroxyl groups is 1. The van der Waals surface area contributed by atoms with Gasteiger partial charge in [-0.05, 0) is 50.2 Å². The molecule has 0 aromatic heterocycles. The number of likely N-dealkylation sites (tertiary alicyclic amines) is 1. The second-order valence-corrected chi connectivity index (χ2v) is 8.27. The minimum Gasteiger partial charge on any atom is -0.504 e. The summed E-state index contributed by atoms with van der Waals surface area (Å²) in [6, 6.07) is 3.44. The van der Waals surface area contributed by atoms with E-state index in [1.165, 1.54) is 6.08 Å². The molecule has 2 aliphatic carbocycles. The number of hydrogen-bond acceptors (Lipinski definition) is 7. The van der Waals surface area contributed by atoms with Crippen molar-refractivity contribution in [3.05, 3.63) is 35.4 Å². The molecular weight excluding hydrogens is 394 g/mol. The predicted molar refractivity (Wildman–Crippen MR) is 95.8 cm³/mol. The first-order valence-corrected chi connectivity index (χ1v) is 9.76. The molecule has 5 rings (SSSR count). The molecule has 4 aliphatic rings. The highest BCUT2D eigenvalue weighted by molar-refractivity contribution is 7.79. The van der Waals surface area contributed by atoms with Crippen molar-refractivity contribution in [3.8, 4) is 11.5 Å². The standard InChI is InChI=1S/C17H17NO4.H2O4S.H2O/c1-18-7-6-16-13-9-2-3-10(19)14(13)22-15(16)11(20)4-5-17(16,21)12(18)8-9;1-5(2,3)4;/h2-5,12,15,19,21H,6-8H2,1H3;(H2,1,2,3,4);1H2/t12?,15-,16-,17?;;/m0../s1. The number of likely N-dealkylation sites (N-methyl/N-ethyl adjacent to an activating group) is 1. The lowest BCUT2D eigenvalue weighted by Gasteiger charge is -2.60. The summed E-state index contributed by atoms with van der Waals surface area (Å²) in [6.45, 7) is 0.794. The molecule has 0 saturated carbocycles. The summed E-state index contributed by atoms with van der Waals surface area (Å²) >= 11 is 0. The molecule has 0 radical (unpaired) electrons. The summed E-state index contributed by atoms with van der Waals surface area (Å²) in [6.07, 6.45) is 3.70. The van der Waals surface area contributed by atoms with Gasteiger partial charge in [-0.15, -0.1) is 0 Å². The molecule has 28 heavy (non-hydrogen) atoms. The van der Waals surface area contributed by atoms with Crippen LogP contribution >= 0.6 is 0 Å². The van der Waals surface area contributed by atoms with Crippen LogP contribution < -0.4 is 4.74 Å². The van der Waals surface area contributed by atoms with E-state index in [0.717, 1.165) is 17.7 Å². The van der Waals surface area contributed by atoms with Crippen molar-refractivity contribution < 1.29 is 42.7 Å². The van der Waals surface area contributed by atoms with Gasteiger partial charge in [-0.2, -0.15) is 8.42 Å². The quantitative estimate of drug-likeness (QED) is 0.389.